The van der Waals surface area contributed by atoms with Gasteiger partial charge in [-0.1, -0.05) is 0 Å². The average molecular weight is 236 g/mol. The SMILES string of the molecule is COCC1CCN(c2cncc(CN)n2)CC1. The molecule has 0 saturated carbocycles. The zero-order chi connectivity index (χ0) is 12.1. The number of aromatic nitrogens is 2. The van der Waals surface area contributed by atoms with Crippen LogP contribution in [0.3, 0.4) is 0 Å². The van der Waals surface area contributed by atoms with E-state index in [0.29, 0.717) is 12.5 Å². The van der Waals surface area contributed by atoms with Gasteiger partial charge in [-0.15, -0.1) is 0 Å². The number of nitrogens with two attached hydrogens (primary N) is 1. The smallest absolute Gasteiger partial charge is 0.147 e. The molecular weight excluding hydrogens is 216 g/mol. The minimum Gasteiger partial charge on any atom is -0.384 e. The fourth-order valence-corrected chi connectivity index (χ4v) is 2.21. The van der Waals surface area contributed by atoms with Crippen LogP contribution in [0.4, 0.5) is 5.82 Å². The van der Waals surface area contributed by atoms with Crippen molar-refractivity contribution in [3.63, 3.8) is 0 Å². The van der Waals surface area contributed by atoms with Crippen molar-refractivity contribution >= 4 is 5.82 Å². The number of ether oxygens (including phenoxy) is 1. The molecule has 94 valence electrons. The highest BCUT2D eigenvalue weighted by molar-refractivity contribution is 5.36. The predicted octanol–water partition coefficient (Wildman–Crippen LogP) is 0.798. The number of hydrogen-bond acceptors (Lipinski definition) is 5. The third kappa shape index (κ3) is 3.14. The molecule has 1 aliphatic heterocycles. The summed E-state index contributed by atoms with van der Waals surface area (Å²) < 4.78 is 5.20. The number of hydrogen-bond donors (Lipinski definition) is 1. The third-order valence-corrected chi connectivity index (χ3v) is 3.22. The van der Waals surface area contributed by atoms with Gasteiger partial charge >= 0.3 is 0 Å². The minimum absolute atomic E-state index is 0.445. The van der Waals surface area contributed by atoms with Crippen molar-refractivity contribution in [3.05, 3.63) is 18.1 Å². The molecule has 0 aliphatic carbocycles. The fourth-order valence-electron chi connectivity index (χ4n) is 2.21. The van der Waals surface area contributed by atoms with Crippen molar-refractivity contribution < 1.29 is 4.74 Å². The van der Waals surface area contributed by atoms with Crippen LogP contribution < -0.4 is 10.6 Å². The van der Waals surface area contributed by atoms with E-state index >= 15 is 0 Å². The van der Waals surface area contributed by atoms with Gasteiger partial charge in [0.2, 0.25) is 0 Å². The number of methoxy groups -OCH3 is 1. The van der Waals surface area contributed by atoms with Crippen molar-refractivity contribution in [1.29, 1.82) is 0 Å². The summed E-state index contributed by atoms with van der Waals surface area (Å²) in [6.07, 6.45) is 5.85. The quantitative estimate of drug-likeness (QED) is 0.837. The minimum atomic E-state index is 0.445. The Morgan fingerprint density at radius 3 is 2.82 bits per heavy atom. The van der Waals surface area contributed by atoms with Crippen LogP contribution in [0.2, 0.25) is 0 Å². The number of anilines is 1. The molecule has 1 aromatic heterocycles. The van der Waals surface area contributed by atoms with Crippen LogP contribution in [0.15, 0.2) is 12.4 Å². The van der Waals surface area contributed by atoms with Crippen LogP contribution >= 0.6 is 0 Å². The molecule has 1 aromatic rings. The molecule has 0 unspecified atom stereocenters. The lowest BCUT2D eigenvalue weighted by Gasteiger charge is -2.32. The molecule has 0 amide bonds. The first-order chi connectivity index (χ1) is 8.33. The Kier molecular flexibility index (Phi) is 4.28. The second kappa shape index (κ2) is 5.93. The molecular formula is C12H20N4O. The number of piperidine rings is 1. The molecule has 1 saturated heterocycles. The van der Waals surface area contributed by atoms with E-state index in [9.17, 15) is 0 Å². The summed E-state index contributed by atoms with van der Waals surface area (Å²) in [5.74, 6) is 1.63. The molecule has 2 N–H and O–H groups in total. The zero-order valence-electron chi connectivity index (χ0n) is 10.3. The fraction of sp³-hybridized carbons (Fsp3) is 0.667. The van der Waals surface area contributed by atoms with E-state index in [1.165, 1.54) is 0 Å². The highest BCUT2D eigenvalue weighted by Crippen LogP contribution is 2.21. The van der Waals surface area contributed by atoms with Gasteiger partial charge in [0.25, 0.3) is 0 Å². The molecule has 0 spiro atoms. The number of rotatable bonds is 4. The summed E-state index contributed by atoms with van der Waals surface area (Å²) in [5, 5.41) is 0. The Labute approximate surface area is 102 Å². The molecule has 0 atom stereocenters. The molecule has 1 fully saturated rings. The van der Waals surface area contributed by atoms with Crippen molar-refractivity contribution in [1.82, 2.24) is 9.97 Å². The second-order valence-electron chi connectivity index (χ2n) is 4.46. The van der Waals surface area contributed by atoms with Crippen molar-refractivity contribution in [2.75, 3.05) is 31.7 Å². The molecule has 2 heterocycles. The maximum absolute atomic E-state index is 5.57. The Balaban J connectivity index is 1.95. The monoisotopic (exact) mass is 236 g/mol. The van der Waals surface area contributed by atoms with E-state index in [2.05, 4.69) is 14.9 Å². The Morgan fingerprint density at radius 1 is 1.41 bits per heavy atom. The first-order valence-electron chi connectivity index (χ1n) is 6.08. The highest BCUT2D eigenvalue weighted by atomic mass is 16.5. The predicted molar refractivity (Wildman–Crippen MR) is 66.7 cm³/mol. The lowest BCUT2D eigenvalue weighted by molar-refractivity contribution is 0.139. The van der Waals surface area contributed by atoms with Gasteiger partial charge in [0.15, 0.2) is 0 Å². The normalized spacial score (nSPS) is 17.4. The van der Waals surface area contributed by atoms with Gasteiger partial charge in [0.1, 0.15) is 5.82 Å². The lowest BCUT2D eigenvalue weighted by atomic mass is 9.98. The third-order valence-electron chi connectivity index (χ3n) is 3.22. The van der Waals surface area contributed by atoms with E-state index in [1.807, 2.05) is 6.20 Å². The topological polar surface area (TPSA) is 64.3 Å². The highest BCUT2D eigenvalue weighted by Gasteiger charge is 2.20. The van der Waals surface area contributed by atoms with E-state index in [-0.39, 0.29) is 0 Å². The van der Waals surface area contributed by atoms with Crippen LogP contribution in [0.1, 0.15) is 18.5 Å². The van der Waals surface area contributed by atoms with E-state index < -0.39 is 0 Å². The molecule has 0 bridgehead atoms. The van der Waals surface area contributed by atoms with Crippen molar-refractivity contribution in [3.8, 4) is 0 Å². The Hall–Kier alpha value is -1.20. The van der Waals surface area contributed by atoms with Crippen LogP contribution in [-0.2, 0) is 11.3 Å². The van der Waals surface area contributed by atoms with Gasteiger partial charge < -0.3 is 15.4 Å². The zero-order valence-corrected chi connectivity index (χ0v) is 10.3. The lowest BCUT2D eigenvalue weighted by Crippen LogP contribution is -2.35. The molecule has 5 heteroatoms. The van der Waals surface area contributed by atoms with Gasteiger partial charge in [-0.3, -0.25) is 4.98 Å². The largest absolute Gasteiger partial charge is 0.384 e. The molecule has 0 aromatic carbocycles. The van der Waals surface area contributed by atoms with Crippen molar-refractivity contribution in [2.45, 2.75) is 19.4 Å². The maximum atomic E-state index is 5.57. The van der Waals surface area contributed by atoms with E-state index in [4.69, 9.17) is 10.5 Å². The standard InChI is InChI=1S/C12H20N4O/c1-17-9-10-2-4-16(5-3-10)12-8-14-7-11(6-13)15-12/h7-8,10H,2-6,9,13H2,1H3. The summed E-state index contributed by atoms with van der Waals surface area (Å²) in [6.45, 7) is 3.36. The molecule has 1 aliphatic rings. The molecule has 2 rings (SSSR count). The van der Waals surface area contributed by atoms with E-state index in [1.54, 1.807) is 13.3 Å². The Morgan fingerprint density at radius 2 is 2.18 bits per heavy atom. The summed E-state index contributed by atoms with van der Waals surface area (Å²) in [6, 6.07) is 0. The van der Waals surface area contributed by atoms with E-state index in [0.717, 1.165) is 44.0 Å². The maximum Gasteiger partial charge on any atom is 0.147 e. The Bertz CT molecular complexity index is 350. The molecule has 0 radical (unpaired) electrons. The van der Waals surface area contributed by atoms with Crippen LogP contribution in [0, 0.1) is 5.92 Å². The first kappa shape index (κ1) is 12.3. The number of nitrogens with zero attached hydrogens (tertiary/aromatic N) is 3. The average Bonchev–Trinajstić information content (AvgIpc) is 2.40. The summed E-state index contributed by atoms with van der Waals surface area (Å²) in [5.41, 5.74) is 6.42. The summed E-state index contributed by atoms with van der Waals surface area (Å²) in [4.78, 5) is 10.9. The van der Waals surface area contributed by atoms with Gasteiger partial charge in [0.05, 0.1) is 11.9 Å². The first-order valence-corrected chi connectivity index (χ1v) is 6.08. The van der Waals surface area contributed by atoms with Crippen LogP contribution in [0.25, 0.3) is 0 Å². The summed E-state index contributed by atoms with van der Waals surface area (Å²) in [7, 11) is 1.77. The van der Waals surface area contributed by atoms with Gasteiger partial charge in [0, 0.05) is 39.5 Å². The second-order valence-corrected chi connectivity index (χ2v) is 4.46. The molecule has 17 heavy (non-hydrogen) atoms. The van der Waals surface area contributed by atoms with Gasteiger partial charge in [-0.2, -0.15) is 0 Å². The van der Waals surface area contributed by atoms with Gasteiger partial charge in [-0.25, -0.2) is 4.98 Å². The van der Waals surface area contributed by atoms with Crippen LogP contribution in [0.5, 0.6) is 0 Å². The van der Waals surface area contributed by atoms with Crippen molar-refractivity contribution in [2.24, 2.45) is 11.7 Å². The molecule has 5 nitrogen and oxygen atoms in total. The van der Waals surface area contributed by atoms with Gasteiger partial charge in [-0.05, 0) is 18.8 Å². The van der Waals surface area contributed by atoms with Crippen LogP contribution in [-0.4, -0.2) is 36.8 Å². The summed E-state index contributed by atoms with van der Waals surface area (Å²) >= 11 is 0.